The molecule has 0 spiro atoms. The Morgan fingerprint density at radius 1 is 1.07 bits per heavy atom. The summed E-state index contributed by atoms with van der Waals surface area (Å²) in [7, 11) is 0. The van der Waals surface area contributed by atoms with Crippen molar-refractivity contribution in [2.24, 2.45) is 0 Å². The van der Waals surface area contributed by atoms with E-state index in [-0.39, 0.29) is 17.7 Å². The van der Waals surface area contributed by atoms with Gasteiger partial charge in [-0.2, -0.15) is 0 Å². The van der Waals surface area contributed by atoms with Crippen LogP contribution < -0.4 is 10.2 Å². The highest BCUT2D eigenvalue weighted by Gasteiger charge is 2.27. The topological polar surface area (TPSA) is 69.7 Å². The Labute approximate surface area is 171 Å². The van der Waals surface area contributed by atoms with Crippen LogP contribution >= 0.6 is 0 Å². The van der Waals surface area contributed by atoms with Crippen molar-refractivity contribution in [3.63, 3.8) is 0 Å². The number of nitrogens with zero attached hydrogens (tertiary/aromatic N) is 2. The minimum atomic E-state index is -0.763. The molecule has 0 saturated carbocycles. The van der Waals surface area contributed by atoms with Crippen molar-refractivity contribution in [2.45, 2.75) is 32.7 Å². The third-order valence-corrected chi connectivity index (χ3v) is 5.22. The van der Waals surface area contributed by atoms with E-state index in [0.29, 0.717) is 37.3 Å². The molecule has 1 heterocycles. The van der Waals surface area contributed by atoms with E-state index in [0.717, 1.165) is 12.0 Å². The van der Waals surface area contributed by atoms with Crippen LogP contribution in [0.3, 0.4) is 0 Å². The molecule has 2 aromatic carbocycles. The molecule has 3 rings (SSSR count). The summed E-state index contributed by atoms with van der Waals surface area (Å²) in [4.78, 5) is 41.5. The van der Waals surface area contributed by atoms with Crippen LogP contribution in [-0.2, 0) is 9.59 Å². The van der Waals surface area contributed by atoms with Gasteiger partial charge in [-0.25, -0.2) is 0 Å². The molecule has 0 unspecified atom stereocenters. The standard InChI is InChI=1S/C23H27N3O3/c1-3-25(4-2)23(29)21(17-10-6-5-7-11-17)24-22(28)18-12-8-13-19(16-18)26-15-9-14-20(26)27/h5-8,10-13,16,21H,3-4,9,14-15H2,1-2H3,(H,24,28)/t21-/m0/s1. The Hall–Kier alpha value is -3.15. The van der Waals surface area contributed by atoms with Crippen molar-refractivity contribution in [3.05, 3.63) is 65.7 Å². The lowest BCUT2D eigenvalue weighted by molar-refractivity contribution is -0.133. The van der Waals surface area contributed by atoms with E-state index in [1.807, 2.05) is 50.2 Å². The number of hydrogen-bond donors (Lipinski definition) is 1. The third-order valence-electron chi connectivity index (χ3n) is 5.22. The number of anilines is 1. The quantitative estimate of drug-likeness (QED) is 0.786. The van der Waals surface area contributed by atoms with E-state index in [1.54, 1.807) is 28.0 Å². The minimum absolute atomic E-state index is 0.0708. The second kappa shape index (κ2) is 9.37. The first-order valence-electron chi connectivity index (χ1n) is 10.1. The fourth-order valence-electron chi connectivity index (χ4n) is 3.60. The van der Waals surface area contributed by atoms with Crippen molar-refractivity contribution < 1.29 is 14.4 Å². The zero-order chi connectivity index (χ0) is 20.8. The van der Waals surface area contributed by atoms with Gasteiger partial charge in [-0.3, -0.25) is 14.4 Å². The second-order valence-electron chi connectivity index (χ2n) is 7.03. The molecule has 1 fully saturated rings. The number of hydrogen-bond acceptors (Lipinski definition) is 3. The second-order valence-corrected chi connectivity index (χ2v) is 7.03. The highest BCUT2D eigenvalue weighted by Crippen LogP contribution is 2.23. The van der Waals surface area contributed by atoms with Crippen LogP contribution in [0.15, 0.2) is 54.6 Å². The van der Waals surface area contributed by atoms with Crippen LogP contribution in [0, 0.1) is 0 Å². The number of likely N-dealkylation sites (N-methyl/N-ethyl adjacent to an activating group) is 1. The van der Waals surface area contributed by atoms with E-state index in [1.165, 1.54) is 0 Å². The molecular weight excluding hydrogens is 366 g/mol. The van der Waals surface area contributed by atoms with E-state index >= 15 is 0 Å². The van der Waals surface area contributed by atoms with Crippen molar-refractivity contribution in [1.29, 1.82) is 0 Å². The maximum Gasteiger partial charge on any atom is 0.252 e. The molecule has 0 bridgehead atoms. The lowest BCUT2D eigenvalue weighted by atomic mass is 10.0. The molecule has 1 aliphatic heterocycles. The van der Waals surface area contributed by atoms with Crippen LogP contribution in [0.5, 0.6) is 0 Å². The van der Waals surface area contributed by atoms with Gasteiger partial charge >= 0.3 is 0 Å². The summed E-state index contributed by atoms with van der Waals surface area (Å²) in [5.41, 5.74) is 1.88. The Kier molecular flexibility index (Phi) is 6.65. The van der Waals surface area contributed by atoms with Gasteiger partial charge in [0.1, 0.15) is 6.04 Å². The summed E-state index contributed by atoms with van der Waals surface area (Å²) in [5, 5.41) is 2.89. The van der Waals surface area contributed by atoms with Crippen LogP contribution in [0.2, 0.25) is 0 Å². The smallest absolute Gasteiger partial charge is 0.252 e. The lowest BCUT2D eigenvalue weighted by Gasteiger charge is -2.26. The number of amides is 3. The summed E-state index contributed by atoms with van der Waals surface area (Å²) in [6.45, 7) is 5.64. The van der Waals surface area contributed by atoms with Crippen molar-refractivity contribution in [1.82, 2.24) is 10.2 Å². The fraction of sp³-hybridized carbons (Fsp3) is 0.348. The predicted octanol–water partition coefficient (Wildman–Crippen LogP) is 3.15. The number of carbonyl (C=O) groups excluding carboxylic acids is 3. The molecule has 0 radical (unpaired) electrons. The average Bonchev–Trinajstić information content (AvgIpc) is 3.19. The summed E-state index contributed by atoms with van der Waals surface area (Å²) in [6, 6.07) is 15.5. The van der Waals surface area contributed by atoms with Crippen molar-refractivity contribution in [3.8, 4) is 0 Å². The molecule has 2 aromatic rings. The number of nitrogens with one attached hydrogen (secondary N) is 1. The summed E-state index contributed by atoms with van der Waals surface area (Å²) >= 11 is 0. The van der Waals surface area contributed by atoms with Crippen LogP contribution in [-0.4, -0.2) is 42.3 Å². The van der Waals surface area contributed by atoms with Gasteiger partial charge in [0.05, 0.1) is 0 Å². The minimum Gasteiger partial charge on any atom is -0.341 e. The maximum atomic E-state index is 13.1. The molecule has 1 saturated heterocycles. The van der Waals surface area contributed by atoms with Crippen LogP contribution in [0.1, 0.15) is 48.7 Å². The van der Waals surface area contributed by atoms with Gasteiger partial charge in [-0.05, 0) is 44.0 Å². The van der Waals surface area contributed by atoms with Gasteiger partial charge in [-0.15, -0.1) is 0 Å². The number of rotatable bonds is 7. The molecule has 152 valence electrons. The normalized spacial score (nSPS) is 14.6. The molecular formula is C23H27N3O3. The third kappa shape index (κ3) is 4.65. The SMILES string of the molecule is CCN(CC)C(=O)[C@@H](NC(=O)c1cccc(N2CCCC2=O)c1)c1ccccc1. The van der Waals surface area contributed by atoms with Crippen molar-refractivity contribution >= 4 is 23.4 Å². The van der Waals surface area contributed by atoms with Gasteiger partial charge in [0.2, 0.25) is 11.8 Å². The zero-order valence-electron chi connectivity index (χ0n) is 16.9. The summed E-state index contributed by atoms with van der Waals surface area (Å²) in [5.74, 6) is -0.408. The van der Waals surface area contributed by atoms with E-state index < -0.39 is 6.04 Å². The first kappa shape index (κ1) is 20.6. The molecule has 0 aromatic heterocycles. The van der Waals surface area contributed by atoms with Crippen molar-refractivity contribution in [2.75, 3.05) is 24.5 Å². The van der Waals surface area contributed by atoms with Gasteiger partial charge in [0.15, 0.2) is 0 Å². The van der Waals surface area contributed by atoms with Gasteiger partial charge in [0.25, 0.3) is 5.91 Å². The number of carbonyl (C=O) groups is 3. The fourth-order valence-corrected chi connectivity index (χ4v) is 3.60. The first-order valence-corrected chi connectivity index (χ1v) is 10.1. The molecule has 1 atom stereocenters. The molecule has 6 heteroatoms. The highest BCUT2D eigenvalue weighted by atomic mass is 16.2. The van der Waals surface area contributed by atoms with Crippen LogP contribution in [0.25, 0.3) is 0 Å². The van der Waals surface area contributed by atoms with Gasteiger partial charge < -0.3 is 15.1 Å². The molecule has 1 aliphatic rings. The van der Waals surface area contributed by atoms with Gasteiger partial charge in [-0.1, -0.05) is 36.4 Å². The Bertz CT molecular complexity index is 878. The zero-order valence-corrected chi connectivity index (χ0v) is 16.9. The predicted molar refractivity (Wildman–Crippen MR) is 113 cm³/mol. The monoisotopic (exact) mass is 393 g/mol. The Morgan fingerprint density at radius 3 is 2.41 bits per heavy atom. The molecule has 0 aliphatic carbocycles. The molecule has 3 amide bonds. The first-order chi connectivity index (χ1) is 14.0. The Morgan fingerprint density at radius 2 is 1.79 bits per heavy atom. The molecule has 6 nitrogen and oxygen atoms in total. The molecule has 1 N–H and O–H groups in total. The largest absolute Gasteiger partial charge is 0.341 e. The maximum absolute atomic E-state index is 13.1. The number of benzene rings is 2. The van der Waals surface area contributed by atoms with E-state index in [4.69, 9.17) is 0 Å². The average molecular weight is 393 g/mol. The van der Waals surface area contributed by atoms with E-state index in [9.17, 15) is 14.4 Å². The molecule has 29 heavy (non-hydrogen) atoms. The highest BCUT2D eigenvalue weighted by molar-refractivity contribution is 6.00. The van der Waals surface area contributed by atoms with E-state index in [2.05, 4.69) is 5.32 Å². The van der Waals surface area contributed by atoms with Crippen LogP contribution in [0.4, 0.5) is 5.69 Å². The summed E-state index contributed by atoms with van der Waals surface area (Å²) < 4.78 is 0. The Balaban J connectivity index is 1.85. The summed E-state index contributed by atoms with van der Waals surface area (Å²) in [6.07, 6.45) is 1.36. The lowest BCUT2D eigenvalue weighted by Crippen LogP contribution is -2.42. The van der Waals surface area contributed by atoms with Gasteiger partial charge in [0, 0.05) is 37.3 Å².